The van der Waals surface area contributed by atoms with Crippen LogP contribution in [0.15, 0.2) is 40.5 Å². The van der Waals surface area contributed by atoms with Crippen molar-refractivity contribution in [3.63, 3.8) is 0 Å². The third-order valence-corrected chi connectivity index (χ3v) is 5.96. The Labute approximate surface area is 141 Å². The summed E-state index contributed by atoms with van der Waals surface area (Å²) in [4.78, 5) is 4.67. The van der Waals surface area contributed by atoms with Gasteiger partial charge in [0.05, 0.1) is 16.8 Å². The van der Waals surface area contributed by atoms with Gasteiger partial charge < -0.3 is 4.57 Å². The van der Waals surface area contributed by atoms with Crippen molar-refractivity contribution in [3.8, 4) is 11.3 Å². The van der Waals surface area contributed by atoms with E-state index < -0.39 is 10.0 Å². The molecule has 0 unspecified atom stereocenters. The molecule has 0 amide bonds. The third-order valence-electron chi connectivity index (χ3n) is 4.36. The van der Waals surface area contributed by atoms with Gasteiger partial charge in [0.15, 0.2) is 5.16 Å². The average molecular weight is 351 g/mol. The highest BCUT2D eigenvalue weighted by molar-refractivity contribution is 7.98. The molecule has 5 nitrogen and oxygen atoms in total. The van der Waals surface area contributed by atoms with Crippen molar-refractivity contribution in [3.05, 3.63) is 30.5 Å². The van der Waals surface area contributed by atoms with Crippen LogP contribution < -0.4 is 5.14 Å². The number of hydrogen-bond acceptors (Lipinski definition) is 4. The molecule has 1 heterocycles. The zero-order valence-electron chi connectivity index (χ0n) is 13.1. The predicted octanol–water partition coefficient (Wildman–Crippen LogP) is 3.42. The van der Waals surface area contributed by atoms with Crippen LogP contribution >= 0.6 is 11.8 Å². The van der Waals surface area contributed by atoms with Crippen molar-refractivity contribution in [2.45, 2.75) is 48.2 Å². The van der Waals surface area contributed by atoms with Gasteiger partial charge in [-0.05, 0) is 36.8 Å². The second-order valence-electron chi connectivity index (χ2n) is 5.86. The van der Waals surface area contributed by atoms with E-state index in [1.807, 2.05) is 12.5 Å². The van der Waals surface area contributed by atoms with Gasteiger partial charge in [0.1, 0.15) is 0 Å². The van der Waals surface area contributed by atoms with Crippen molar-refractivity contribution in [1.29, 1.82) is 0 Å². The summed E-state index contributed by atoms with van der Waals surface area (Å²) >= 11 is 1.65. The van der Waals surface area contributed by atoms with Crippen LogP contribution in [0.3, 0.4) is 0 Å². The van der Waals surface area contributed by atoms with E-state index in [0.29, 0.717) is 6.04 Å². The summed E-state index contributed by atoms with van der Waals surface area (Å²) in [6.07, 6.45) is 10.1. The van der Waals surface area contributed by atoms with Crippen LogP contribution in [-0.4, -0.2) is 24.2 Å². The summed E-state index contributed by atoms with van der Waals surface area (Å²) in [5.74, 6) is 0. The molecule has 2 N–H and O–H groups in total. The van der Waals surface area contributed by atoms with Crippen LogP contribution in [0.4, 0.5) is 0 Å². The van der Waals surface area contributed by atoms with Crippen LogP contribution in [0.25, 0.3) is 11.3 Å². The normalized spacial score (nSPS) is 16.6. The Morgan fingerprint density at radius 2 is 1.83 bits per heavy atom. The number of aromatic nitrogens is 2. The van der Waals surface area contributed by atoms with E-state index in [9.17, 15) is 8.42 Å². The molecule has 0 saturated heterocycles. The van der Waals surface area contributed by atoms with Crippen LogP contribution in [0.1, 0.15) is 38.1 Å². The van der Waals surface area contributed by atoms with Gasteiger partial charge in [-0.25, -0.2) is 18.5 Å². The fraction of sp³-hybridized carbons (Fsp3) is 0.438. The number of thioether (sulfide) groups is 1. The lowest BCUT2D eigenvalue weighted by Gasteiger charge is -2.26. The van der Waals surface area contributed by atoms with E-state index in [1.165, 1.54) is 32.1 Å². The highest BCUT2D eigenvalue weighted by Gasteiger charge is 2.22. The molecule has 0 radical (unpaired) electrons. The van der Waals surface area contributed by atoms with E-state index in [2.05, 4.69) is 9.55 Å². The lowest BCUT2D eigenvalue weighted by atomic mass is 9.95. The molecule has 1 aliphatic rings. The number of imidazole rings is 1. The maximum Gasteiger partial charge on any atom is 0.238 e. The average Bonchev–Trinajstić information content (AvgIpc) is 2.99. The molecule has 3 rings (SSSR count). The molecule has 1 aliphatic carbocycles. The minimum atomic E-state index is -3.66. The molecule has 1 aromatic carbocycles. The van der Waals surface area contributed by atoms with Crippen molar-refractivity contribution in [1.82, 2.24) is 9.55 Å². The van der Waals surface area contributed by atoms with Crippen molar-refractivity contribution in [2.24, 2.45) is 5.14 Å². The highest BCUT2D eigenvalue weighted by Crippen LogP contribution is 2.36. The molecule has 1 fully saturated rings. The minimum Gasteiger partial charge on any atom is -0.316 e. The topological polar surface area (TPSA) is 78.0 Å². The van der Waals surface area contributed by atoms with Crippen molar-refractivity contribution in [2.75, 3.05) is 6.26 Å². The van der Waals surface area contributed by atoms with E-state index in [1.54, 1.807) is 36.0 Å². The molecule has 23 heavy (non-hydrogen) atoms. The molecule has 7 heteroatoms. The molecule has 0 bridgehead atoms. The quantitative estimate of drug-likeness (QED) is 0.856. The molecule has 0 atom stereocenters. The monoisotopic (exact) mass is 351 g/mol. The van der Waals surface area contributed by atoms with E-state index in [0.717, 1.165) is 16.4 Å². The highest BCUT2D eigenvalue weighted by atomic mass is 32.2. The first-order valence-electron chi connectivity index (χ1n) is 7.75. The van der Waals surface area contributed by atoms with E-state index >= 15 is 0 Å². The summed E-state index contributed by atoms with van der Waals surface area (Å²) in [6, 6.07) is 7.20. The van der Waals surface area contributed by atoms with Crippen LogP contribution in [-0.2, 0) is 10.0 Å². The molecular weight excluding hydrogens is 330 g/mol. The van der Waals surface area contributed by atoms with E-state index in [4.69, 9.17) is 5.14 Å². The van der Waals surface area contributed by atoms with Gasteiger partial charge in [0.25, 0.3) is 0 Å². The maximum atomic E-state index is 11.4. The summed E-state index contributed by atoms with van der Waals surface area (Å²) in [5, 5.41) is 6.19. The van der Waals surface area contributed by atoms with Gasteiger partial charge in [0, 0.05) is 6.04 Å². The molecule has 124 valence electrons. The van der Waals surface area contributed by atoms with Gasteiger partial charge in [0.2, 0.25) is 10.0 Å². The molecule has 1 aromatic heterocycles. The first-order valence-corrected chi connectivity index (χ1v) is 10.5. The summed E-state index contributed by atoms with van der Waals surface area (Å²) in [6.45, 7) is 0. The molecule has 2 aromatic rings. The Morgan fingerprint density at radius 3 is 2.39 bits per heavy atom. The number of benzene rings is 1. The second kappa shape index (κ2) is 6.67. The number of rotatable bonds is 4. The third kappa shape index (κ3) is 3.46. The number of primary sulfonamides is 1. The van der Waals surface area contributed by atoms with Crippen LogP contribution in [0, 0.1) is 0 Å². The standard InChI is InChI=1S/C16H21N3O2S2/c1-22-16-18-11-15(19(16)13-5-3-2-4-6-13)12-7-9-14(10-8-12)23(17,20)21/h7-11,13H,2-6H2,1H3,(H2,17,20,21). The maximum absolute atomic E-state index is 11.4. The Balaban J connectivity index is 2.01. The number of nitrogens with two attached hydrogens (primary N) is 1. The first-order chi connectivity index (χ1) is 11.0. The fourth-order valence-electron chi connectivity index (χ4n) is 3.22. The smallest absolute Gasteiger partial charge is 0.238 e. The first kappa shape index (κ1) is 16.5. The molecular formula is C16H21N3O2S2. The van der Waals surface area contributed by atoms with Gasteiger partial charge in [-0.3, -0.25) is 0 Å². The zero-order valence-corrected chi connectivity index (χ0v) is 14.7. The summed E-state index contributed by atoms with van der Waals surface area (Å²) < 4.78 is 25.1. The minimum absolute atomic E-state index is 0.134. The Bertz CT molecular complexity index is 776. The predicted molar refractivity (Wildman–Crippen MR) is 92.9 cm³/mol. The van der Waals surface area contributed by atoms with Gasteiger partial charge in [-0.1, -0.05) is 43.2 Å². The van der Waals surface area contributed by atoms with E-state index in [-0.39, 0.29) is 4.90 Å². The van der Waals surface area contributed by atoms with Gasteiger partial charge >= 0.3 is 0 Å². The Hall–Kier alpha value is -1.31. The summed E-state index contributed by atoms with van der Waals surface area (Å²) in [7, 11) is -3.66. The zero-order chi connectivity index (χ0) is 16.4. The lowest BCUT2D eigenvalue weighted by Crippen LogP contribution is -2.15. The van der Waals surface area contributed by atoms with Crippen LogP contribution in [0.2, 0.25) is 0 Å². The molecule has 0 aliphatic heterocycles. The SMILES string of the molecule is CSc1ncc(-c2ccc(S(N)(=O)=O)cc2)n1C1CCCCC1. The number of sulfonamides is 1. The van der Waals surface area contributed by atoms with Gasteiger partial charge in [-0.2, -0.15) is 0 Å². The van der Waals surface area contributed by atoms with Crippen molar-refractivity contribution >= 4 is 21.8 Å². The lowest BCUT2D eigenvalue weighted by molar-refractivity contribution is 0.339. The second-order valence-corrected chi connectivity index (χ2v) is 8.20. The Kier molecular flexibility index (Phi) is 4.79. The summed E-state index contributed by atoms with van der Waals surface area (Å²) in [5.41, 5.74) is 2.01. The largest absolute Gasteiger partial charge is 0.316 e. The van der Waals surface area contributed by atoms with Gasteiger partial charge in [-0.15, -0.1) is 0 Å². The van der Waals surface area contributed by atoms with Crippen LogP contribution in [0.5, 0.6) is 0 Å². The van der Waals surface area contributed by atoms with Crippen molar-refractivity contribution < 1.29 is 8.42 Å². The fourth-order valence-corrected chi connectivity index (χ4v) is 4.33. The number of hydrogen-bond donors (Lipinski definition) is 1. The number of nitrogens with zero attached hydrogens (tertiary/aromatic N) is 2. The Morgan fingerprint density at radius 1 is 1.17 bits per heavy atom. The molecule has 0 spiro atoms. The molecule has 1 saturated carbocycles.